The Balaban J connectivity index is 2.20. The molecule has 96 valence electrons. The van der Waals surface area contributed by atoms with Gasteiger partial charge in [-0.15, -0.1) is 0 Å². The molecule has 0 aliphatic heterocycles. The first kappa shape index (κ1) is 12.5. The molecule has 0 spiro atoms. The molecule has 1 aromatic heterocycles. The molecule has 0 saturated heterocycles. The Kier molecular flexibility index (Phi) is 3.19. The highest BCUT2D eigenvalue weighted by Gasteiger charge is 2.31. The summed E-state index contributed by atoms with van der Waals surface area (Å²) in [6, 6.07) is 0.442. The summed E-state index contributed by atoms with van der Waals surface area (Å²) < 4.78 is 0. The molecule has 1 atom stereocenters. The minimum atomic E-state index is 0.393. The predicted octanol–water partition coefficient (Wildman–Crippen LogP) is 3.38. The van der Waals surface area contributed by atoms with Gasteiger partial charge in [0, 0.05) is 17.3 Å². The van der Waals surface area contributed by atoms with Gasteiger partial charge >= 0.3 is 0 Å². The zero-order chi connectivity index (χ0) is 12.6. The van der Waals surface area contributed by atoms with E-state index in [1.165, 1.54) is 17.7 Å². The van der Waals surface area contributed by atoms with E-state index in [1.54, 1.807) is 0 Å². The molecule has 2 N–H and O–H groups in total. The second kappa shape index (κ2) is 4.35. The number of aromatic amines is 1. The fraction of sp³-hybridized carbons (Fsp3) is 0.786. The zero-order valence-corrected chi connectivity index (χ0v) is 11.7. The van der Waals surface area contributed by atoms with Crippen molar-refractivity contribution in [2.45, 2.75) is 59.9 Å². The Labute approximate surface area is 104 Å². The van der Waals surface area contributed by atoms with Gasteiger partial charge in [-0.25, -0.2) is 0 Å². The molecular weight excluding hydrogens is 210 g/mol. The third kappa shape index (κ3) is 2.64. The lowest BCUT2D eigenvalue weighted by atomic mass is 9.72. The van der Waals surface area contributed by atoms with E-state index in [-0.39, 0.29) is 0 Å². The summed E-state index contributed by atoms with van der Waals surface area (Å²) in [4.78, 5) is 0. The van der Waals surface area contributed by atoms with Crippen LogP contribution in [0.5, 0.6) is 0 Å². The molecule has 1 aromatic rings. The first-order valence-corrected chi connectivity index (χ1v) is 6.70. The number of nitrogens with zero attached hydrogens (tertiary/aromatic N) is 1. The number of hydrogen-bond donors (Lipinski definition) is 2. The van der Waals surface area contributed by atoms with Gasteiger partial charge in [0.25, 0.3) is 0 Å². The molecule has 0 saturated carbocycles. The Hall–Kier alpha value is -0.990. The van der Waals surface area contributed by atoms with Crippen molar-refractivity contribution < 1.29 is 0 Å². The molecular formula is C14H25N3. The van der Waals surface area contributed by atoms with Crippen LogP contribution in [0.25, 0.3) is 0 Å². The normalized spacial score (nSPS) is 20.5. The van der Waals surface area contributed by atoms with E-state index in [2.05, 4.69) is 50.1 Å². The van der Waals surface area contributed by atoms with E-state index in [4.69, 9.17) is 0 Å². The molecule has 2 rings (SSSR count). The van der Waals surface area contributed by atoms with Crippen LogP contribution in [0.3, 0.4) is 0 Å². The van der Waals surface area contributed by atoms with Gasteiger partial charge in [-0.3, -0.25) is 5.10 Å². The SMILES string of the molecule is CC(C)Nc1n[nH]c2c1CC(C(C)(C)C)CC2. The van der Waals surface area contributed by atoms with E-state index in [9.17, 15) is 0 Å². The molecule has 1 heterocycles. The summed E-state index contributed by atoms with van der Waals surface area (Å²) in [7, 11) is 0. The summed E-state index contributed by atoms with van der Waals surface area (Å²) in [6.07, 6.45) is 3.58. The summed E-state index contributed by atoms with van der Waals surface area (Å²) in [5.41, 5.74) is 3.16. The zero-order valence-electron chi connectivity index (χ0n) is 11.7. The van der Waals surface area contributed by atoms with Crippen LogP contribution in [-0.4, -0.2) is 16.2 Å². The van der Waals surface area contributed by atoms with Crippen molar-refractivity contribution in [2.75, 3.05) is 5.32 Å². The molecule has 1 aliphatic carbocycles. The number of H-pyrrole nitrogens is 1. The first-order valence-electron chi connectivity index (χ1n) is 6.70. The van der Waals surface area contributed by atoms with Crippen molar-refractivity contribution in [3.63, 3.8) is 0 Å². The van der Waals surface area contributed by atoms with Gasteiger partial charge in [-0.1, -0.05) is 20.8 Å². The molecule has 17 heavy (non-hydrogen) atoms. The van der Waals surface area contributed by atoms with E-state index in [1.807, 2.05) is 0 Å². The van der Waals surface area contributed by atoms with Gasteiger partial charge < -0.3 is 5.32 Å². The fourth-order valence-corrected chi connectivity index (χ4v) is 2.63. The van der Waals surface area contributed by atoms with Crippen LogP contribution in [0.2, 0.25) is 0 Å². The standard InChI is InChI=1S/C14H25N3/c1-9(2)15-13-11-8-10(14(3,4)5)6-7-12(11)16-17-13/h9-10H,6-8H2,1-5H3,(H2,15,16,17). The summed E-state index contributed by atoms with van der Waals surface area (Å²) in [5, 5.41) is 11.1. The number of aromatic nitrogens is 2. The van der Waals surface area contributed by atoms with Crippen molar-refractivity contribution in [2.24, 2.45) is 11.3 Å². The highest BCUT2D eigenvalue weighted by molar-refractivity contribution is 5.48. The highest BCUT2D eigenvalue weighted by Crippen LogP contribution is 2.38. The van der Waals surface area contributed by atoms with Crippen LogP contribution < -0.4 is 5.32 Å². The minimum Gasteiger partial charge on any atom is -0.366 e. The molecule has 0 bridgehead atoms. The smallest absolute Gasteiger partial charge is 0.151 e. The van der Waals surface area contributed by atoms with Gasteiger partial charge in [-0.2, -0.15) is 5.10 Å². The predicted molar refractivity (Wildman–Crippen MR) is 72.3 cm³/mol. The number of nitrogens with one attached hydrogen (secondary N) is 2. The molecule has 1 unspecified atom stereocenters. The van der Waals surface area contributed by atoms with Gasteiger partial charge in [0.1, 0.15) is 0 Å². The monoisotopic (exact) mass is 235 g/mol. The van der Waals surface area contributed by atoms with Gasteiger partial charge in [0.2, 0.25) is 0 Å². The number of rotatable bonds is 2. The van der Waals surface area contributed by atoms with Crippen molar-refractivity contribution in [3.05, 3.63) is 11.3 Å². The molecule has 0 amide bonds. The number of anilines is 1. The van der Waals surface area contributed by atoms with E-state index in [0.29, 0.717) is 11.5 Å². The second-order valence-electron chi connectivity index (χ2n) is 6.63. The van der Waals surface area contributed by atoms with Crippen molar-refractivity contribution in [1.29, 1.82) is 0 Å². The van der Waals surface area contributed by atoms with Crippen LogP contribution >= 0.6 is 0 Å². The Morgan fingerprint density at radius 1 is 1.35 bits per heavy atom. The van der Waals surface area contributed by atoms with E-state index < -0.39 is 0 Å². The molecule has 0 fully saturated rings. The average Bonchev–Trinajstić information content (AvgIpc) is 2.59. The third-order valence-electron chi connectivity index (χ3n) is 3.80. The van der Waals surface area contributed by atoms with Gasteiger partial charge in [0.15, 0.2) is 5.82 Å². The molecule has 3 heteroatoms. The Morgan fingerprint density at radius 3 is 2.65 bits per heavy atom. The Morgan fingerprint density at radius 2 is 2.06 bits per heavy atom. The molecule has 1 aliphatic rings. The summed E-state index contributed by atoms with van der Waals surface area (Å²) in [6.45, 7) is 11.4. The molecule has 0 aromatic carbocycles. The molecule has 0 radical (unpaired) electrons. The molecule has 3 nitrogen and oxygen atoms in total. The lowest BCUT2D eigenvalue weighted by Crippen LogP contribution is -2.27. The highest BCUT2D eigenvalue weighted by atomic mass is 15.2. The summed E-state index contributed by atoms with van der Waals surface area (Å²) in [5.74, 6) is 1.84. The second-order valence-corrected chi connectivity index (χ2v) is 6.63. The van der Waals surface area contributed by atoms with Crippen LogP contribution in [0.1, 0.15) is 52.3 Å². The minimum absolute atomic E-state index is 0.393. The maximum Gasteiger partial charge on any atom is 0.151 e. The largest absolute Gasteiger partial charge is 0.366 e. The van der Waals surface area contributed by atoms with Crippen LogP contribution in [-0.2, 0) is 12.8 Å². The number of hydrogen-bond acceptors (Lipinski definition) is 2. The maximum atomic E-state index is 4.42. The maximum absolute atomic E-state index is 4.42. The van der Waals surface area contributed by atoms with Crippen LogP contribution in [0, 0.1) is 11.3 Å². The lowest BCUT2D eigenvalue weighted by molar-refractivity contribution is 0.216. The van der Waals surface area contributed by atoms with Crippen molar-refractivity contribution in [1.82, 2.24) is 10.2 Å². The van der Waals surface area contributed by atoms with Gasteiger partial charge in [-0.05, 0) is 44.4 Å². The van der Waals surface area contributed by atoms with Crippen molar-refractivity contribution in [3.8, 4) is 0 Å². The van der Waals surface area contributed by atoms with Crippen LogP contribution in [0.4, 0.5) is 5.82 Å². The lowest BCUT2D eigenvalue weighted by Gasteiger charge is -2.33. The quantitative estimate of drug-likeness (QED) is 0.825. The number of fused-ring (bicyclic) bond motifs is 1. The fourth-order valence-electron chi connectivity index (χ4n) is 2.63. The van der Waals surface area contributed by atoms with E-state index >= 15 is 0 Å². The van der Waals surface area contributed by atoms with E-state index in [0.717, 1.165) is 24.6 Å². The van der Waals surface area contributed by atoms with Crippen molar-refractivity contribution >= 4 is 5.82 Å². The average molecular weight is 235 g/mol. The third-order valence-corrected chi connectivity index (χ3v) is 3.80. The number of aryl methyl sites for hydroxylation is 1. The van der Waals surface area contributed by atoms with Gasteiger partial charge in [0.05, 0.1) is 0 Å². The summed E-state index contributed by atoms with van der Waals surface area (Å²) >= 11 is 0. The topological polar surface area (TPSA) is 40.7 Å². The first-order chi connectivity index (χ1) is 7.88. The Bertz CT molecular complexity index is 385. The van der Waals surface area contributed by atoms with Crippen LogP contribution in [0.15, 0.2) is 0 Å².